The van der Waals surface area contributed by atoms with Crippen LogP contribution in [0.1, 0.15) is 32.3 Å². The van der Waals surface area contributed by atoms with Gasteiger partial charge in [-0.1, -0.05) is 12.1 Å². The molecule has 0 unspecified atom stereocenters. The van der Waals surface area contributed by atoms with E-state index in [0.29, 0.717) is 6.04 Å². The average molecular weight is 390 g/mol. The predicted octanol–water partition coefficient (Wildman–Crippen LogP) is 0.160. The lowest BCUT2D eigenvalue weighted by Gasteiger charge is -2.38. The molecule has 1 aliphatic heterocycles. The molecule has 0 atom stereocenters. The first kappa shape index (κ1) is 17.4. The Kier molecular flexibility index (Phi) is 6.39. The lowest BCUT2D eigenvalue weighted by Crippen LogP contribution is -3.00. The highest BCUT2D eigenvalue weighted by atomic mass is 127. The molecule has 5 heteroatoms. The minimum absolute atomic E-state index is 0. The molecule has 1 heterocycles. The maximum absolute atomic E-state index is 10.6. The Morgan fingerprint density at radius 2 is 1.75 bits per heavy atom. The summed E-state index contributed by atoms with van der Waals surface area (Å²) in [5.41, 5.74) is 1.38. The third kappa shape index (κ3) is 3.91. The summed E-state index contributed by atoms with van der Waals surface area (Å²) in [5.74, 6) is 0. The molecule has 0 aromatic heterocycles. The summed E-state index contributed by atoms with van der Waals surface area (Å²) in [5, 5.41) is 10.6. The molecule has 0 saturated carbocycles. The van der Waals surface area contributed by atoms with Gasteiger partial charge in [0, 0.05) is 31.4 Å². The van der Waals surface area contributed by atoms with Crippen molar-refractivity contribution in [1.29, 1.82) is 0 Å². The van der Waals surface area contributed by atoms with Crippen molar-refractivity contribution in [2.24, 2.45) is 0 Å². The number of hydrogen-bond acceptors (Lipinski definition) is 2. The van der Waals surface area contributed by atoms with Crippen molar-refractivity contribution in [3.8, 4) is 0 Å². The van der Waals surface area contributed by atoms with E-state index in [0.717, 1.165) is 13.0 Å². The van der Waals surface area contributed by atoms with Crippen LogP contribution in [0.15, 0.2) is 24.3 Å². The molecule has 0 bridgehead atoms. The quantitative estimate of drug-likeness (QED) is 0.311. The van der Waals surface area contributed by atoms with E-state index >= 15 is 0 Å². The Balaban J connectivity index is 0.00000200. The van der Waals surface area contributed by atoms with Crippen molar-refractivity contribution < 1.29 is 33.4 Å². The summed E-state index contributed by atoms with van der Waals surface area (Å²) in [6, 6.07) is 7.68. The van der Waals surface area contributed by atoms with Crippen LogP contribution in [0.2, 0.25) is 0 Å². The molecule has 0 radical (unpaired) electrons. The van der Waals surface area contributed by atoms with E-state index in [1.54, 1.807) is 12.1 Å². The molecule has 2 rings (SSSR count). The Hall–Kier alpha value is -0.690. The van der Waals surface area contributed by atoms with Gasteiger partial charge in [-0.15, -0.1) is 0 Å². The van der Waals surface area contributed by atoms with Crippen molar-refractivity contribution in [2.75, 3.05) is 19.6 Å². The fourth-order valence-corrected chi connectivity index (χ4v) is 3.10. The number of nitro benzene ring substituents is 1. The Morgan fingerprint density at radius 3 is 2.20 bits per heavy atom. The molecule has 0 aliphatic carbocycles. The van der Waals surface area contributed by atoms with Gasteiger partial charge in [-0.2, -0.15) is 0 Å². The van der Waals surface area contributed by atoms with Crippen LogP contribution in [0.4, 0.5) is 5.69 Å². The molecule has 1 aromatic rings. The van der Waals surface area contributed by atoms with Gasteiger partial charge in [0.1, 0.15) is 0 Å². The minimum atomic E-state index is -0.341. The van der Waals surface area contributed by atoms with Crippen molar-refractivity contribution in [3.63, 3.8) is 0 Å². The van der Waals surface area contributed by atoms with Crippen molar-refractivity contribution in [1.82, 2.24) is 0 Å². The zero-order valence-electron chi connectivity index (χ0n) is 12.2. The van der Waals surface area contributed by atoms with E-state index in [1.165, 1.54) is 36.0 Å². The van der Waals surface area contributed by atoms with Crippen LogP contribution in [0.25, 0.3) is 0 Å². The number of benzene rings is 1. The third-order valence-electron chi connectivity index (χ3n) is 4.55. The number of nitro groups is 1. The van der Waals surface area contributed by atoms with Gasteiger partial charge in [0.15, 0.2) is 0 Å². The largest absolute Gasteiger partial charge is 1.00 e. The molecular weight excluding hydrogens is 367 g/mol. The van der Waals surface area contributed by atoms with Crippen LogP contribution in [-0.4, -0.2) is 35.1 Å². The van der Waals surface area contributed by atoms with E-state index in [2.05, 4.69) is 13.8 Å². The average Bonchev–Trinajstić information content (AvgIpc) is 2.87. The normalized spacial score (nSPS) is 16.9. The van der Waals surface area contributed by atoms with E-state index in [-0.39, 0.29) is 34.6 Å². The maximum atomic E-state index is 10.6. The van der Waals surface area contributed by atoms with Crippen molar-refractivity contribution >= 4 is 5.69 Å². The second kappa shape index (κ2) is 7.36. The fourth-order valence-electron chi connectivity index (χ4n) is 3.10. The van der Waals surface area contributed by atoms with Gasteiger partial charge in [0.25, 0.3) is 5.69 Å². The molecule has 1 aliphatic rings. The summed E-state index contributed by atoms with van der Waals surface area (Å²) in [4.78, 5) is 10.3. The number of hydrogen-bond donors (Lipinski definition) is 0. The van der Waals surface area contributed by atoms with E-state index in [4.69, 9.17) is 0 Å². The molecule has 20 heavy (non-hydrogen) atoms. The second-order valence-electron chi connectivity index (χ2n) is 5.86. The molecular formula is C15H23IN2O2. The molecule has 1 fully saturated rings. The first-order valence-corrected chi connectivity index (χ1v) is 7.13. The molecule has 1 saturated heterocycles. The Bertz CT molecular complexity index is 440. The lowest BCUT2D eigenvalue weighted by atomic mass is 10.1. The van der Waals surface area contributed by atoms with Gasteiger partial charge >= 0.3 is 0 Å². The fraction of sp³-hybridized carbons (Fsp3) is 0.600. The number of likely N-dealkylation sites (tertiary alicyclic amines) is 1. The molecule has 1 aromatic carbocycles. The van der Waals surface area contributed by atoms with Gasteiger partial charge in [-0.05, 0) is 19.4 Å². The van der Waals surface area contributed by atoms with Crippen molar-refractivity contribution in [2.45, 2.75) is 39.2 Å². The molecule has 4 nitrogen and oxygen atoms in total. The highest BCUT2D eigenvalue weighted by Gasteiger charge is 2.34. The lowest BCUT2D eigenvalue weighted by molar-refractivity contribution is -0.936. The third-order valence-corrected chi connectivity index (χ3v) is 4.55. The summed E-state index contributed by atoms with van der Waals surface area (Å²) in [7, 11) is 0. The van der Waals surface area contributed by atoms with Crippen LogP contribution in [0.5, 0.6) is 0 Å². The minimum Gasteiger partial charge on any atom is -1.00 e. The van der Waals surface area contributed by atoms with Gasteiger partial charge in [0.2, 0.25) is 0 Å². The van der Waals surface area contributed by atoms with E-state index in [1.807, 2.05) is 12.1 Å². The molecule has 0 spiro atoms. The summed E-state index contributed by atoms with van der Waals surface area (Å²) >= 11 is 0. The highest BCUT2D eigenvalue weighted by molar-refractivity contribution is 5.32. The smallest absolute Gasteiger partial charge is 0.269 e. The Labute approximate surface area is 137 Å². The maximum Gasteiger partial charge on any atom is 0.269 e. The van der Waals surface area contributed by atoms with E-state index < -0.39 is 0 Å². The van der Waals surface area contributed by atoms with Crippen LogP contribution < -0.4 is 24.0 Å². The van der Waals surface area contributed by atoms with E-state index in [9.17, 15) is 10.1 Å². The zero-order chi connectivity index (χ0) is 13.9. The van der Waals surface area contributed by atoms with Gasteiger partial charge in [-0.3, -0.25) is 10.1 Å². The zero-order valence-corrected chi connectivity index (χ0v) is 14.4. The summed E-state index contributed by atoms with van der Waals surface area (Å²) in [6.07, 6.45) is 3.67. The topological polar surface area (TPSA) is 43.1 Å². The summed E-state index contributed by atoms with van der Waals surface area (Å²) < 4.78 is 1.21. The second-order valence-corrected chi connectivity index (χ2v) is 5.86. The molecule has 0 N–H and O–H groups in total. The predicted molar refractivity (Wildman–Crippen MR) is 76.0 cm³/mol. The number of quaternary nitrogens is 1. The number of rotatable bonds is 5. The standard InChI is InChI=1S/C15H23N2O2.HI/c1-13(2)17(10-3-4-11-17)12-9-14-5-7-15(8-6-14)16(18)19;/h5-8,13H,3-4,9-12H2,1-2H3;1H/q+1;/p-1. The highest BCUT2D eigenvalue weighted by Crippen LogP contribution is 2.24. The number of halogens is 1. The monoisotopic (exact) mass is 390 g/mol. The molecule has 0 amide bonds. The van der Waals surface area contributed by atoms with Crippen LogP contribution >= 0.6 is 0 Å². The number of nitrogens with zero attached hydrogens (tertiary/aromatic N) is 2. The van der Waals surface area contributed by atoms with Crippen LogP contribution in [0, 0.1) is 10.1 Å². The summed E-state index contributed by atoms with van der Waals surface area (Å²) in [6.45, 7) is 8.33. The first-order valence-electron chi connectivity index (χ1n) is 7.13. The number of non-ortho nitro benzene ring substituents is 1. The van der Waals surface area contributed by atoms with Gasteiger partial charge < -0.3 is 28.5 Å². The SMILES string of the molecule is CC(C)[N+]1(CCc2ccc([N+](=O)[O-])cc2)CCCC1.[I-]. The van der Waals surface area contributed by atoms with Gasteiger partial charge in [0.05, 0.1) is 30.6 Å². The van der Waals surface area contributed by atoms with Crippen molar-refractivity contribution in [3.05, 3.63) is 39.9 Å². The Morgan fingerprint density at radius 1 is 1.20 bits per heavy atom. The van der Waals surface area contributed by atoms with Gasteiger partial charge in [-0.25, -0.2) is 0 Å². The van der Waals surface area contributed by atoms with Crippen LogP contribution in [-0.2, 0) is 6.42 Å². The first-order chi connectivity index (χ1) is 9.03. The van der Waals surface area contributed by atoms with Crippen LogP contribution in [0.3, 0.4) is 0 Å². The molecule has 112 valence electrons.